The van der Waals surface area contributed by atoms with Crippen molar-refractivity contribution in [2.45, 2.75) is 6.92 Å². The molecule has 1 rings (SSSR count). The van der Waals surface area contributed by atoms with Gasteiger partial charge in [-0.3, -0.25) is 0 Å². The summed E-state index contributed by atoms with van der Waals surface area (Å²) in [5, 5.41) is 6.32. The third-order valence-corrected chi connectivity index (χ3v) is 2.15. The lowest BCUT2D eigenvalue weighted by atomic mass is 10.3. The molecule has 0 aromatic carbocycles. The Labute approximate surface area is 87.1 Å². The van der Waals surface area contributed by atoms with Gasteiger partial charge >= 0.3 is 0 Å². The van der Waals surface area contributed by atoms with Crippen molar-refractivity contribution in [3.05, 3.63) is 22.3 Å². The fraction of sp³-hybridized carbons (Fsp3) is 0.444. The normalized spacial score (nSPS) is 10.1. The Morgan fingerprint density at radius 1 is 1.46 bits per heavy atom. The summed E-state index contributed by atoms with van der Waals surface area (Å²) >= 11 is 3.38. The van der Waals surface area contributed by atoms with Crippen molar-refractivity contribution >= 4 is 21.7 Å². The maximum Gasteiger partial charge on any atom is 0.128 e. The lowest BCUT2D eigenvalue weighted by molar-refractivity contribution is 0.820. The minimum absolute atomic E-state index is 0.895. The summed E-state index contributed by atoms with van der Waals surface area (Å²) in [6.07, 6.45) is 1.80. The molecule has 0 radical (unpaired) electrons. The average Bonchev–Trinajstić information content (AvgIpc) is 2.09. The standard InChI is InChI=1S/C9H14BrN3/c1-7-5-8(10)6-13-9(7)12-4-3-11-2/h5-6,11H,3-4H2,1-2H3,(H,12,13). The van der Waals surface area contributed by atoms with Gasteiger partial charge in [-0.1, -0.05) is 0 Å². The summed E-state index contributed by atoms with van der Waals surface area (Å²) in [7, 11) is 1.93. The van der Waals surface area contributed by atoms with Crippen molar-refractivity contribution in [3.8, 4) is 0 Å². The second-order valence-corrected chi connectivity index (χ2v) is 3.77. The number of nitrogens with one attached hydrogen (secondary N) is 2. The van der Waals surface area contributed by atoms with E-state index in [9.17, 15) is 0 Å². The molecule has 0 spiro atoms. The molecule has 1 heterocycles. The number of likely N-dealkylation sites (N-methyl/N-ethyl adjacent to an activating group) is 1. The molecule has 0 bridgehead atoms. The van der Waals surface area contributed by atoms with Crippen LogP contribution in [0.5, 0.6) is 0 Å². The van der Waals surface area contributed by atoms with Gasteiger partial charge < -0.3 is 10.6 Å². The molecule has 3 nitrogen and oxygen atoms in total. The molecule has 0 fully saturated rings. The average molecular weight is 244 g/mol. The predicted octanol–water partition coefficient (Wildman–Crippen LogP) is 1.78. The maximum absolute atomic E-state index is 4.26. The van der Waals surface area contributed by atoms with Gasteiger partial charge in [-0.25, -0.2) is 4.98 Å². The number of hydrogen-bond acceptors (Lipinski definition) is 3. The van der Waals surface area contributed by atoms with Crippen LogP contribution in [0, 0.1) is 6.92 Å². The Balaban J connectivity index is 2.56. The first-order valence-corrected chi connectivity index (χ1v) is 5.04. The number of anilines is 1. The summed E-state index contributed by atoms with van der Waals surface area (Å²) < 4.78 is 1.02. The van der Waals surface area contributed by atoms with E-state index in [2.05, 4.69) is 37.6 Å². The number of aromatic nitrogens is 1. The SMILES string of the molecule is CNCCNc1ncc(Br)cc1C. The topological polar surface area (TPSA) is 37.0 Å². The molecule has 72 valence electrons. The number of rotatable bonds is 4. The quantitative estimate of drug-likeness (QED) is 0.793. The van der Waals surface area contributed by atoms with Crippen LogP contribution in [0.3, 0.4) is 0 Å². The van der Waals surface area contributed by atoms with E-state index in [1.54, 1.807) is 6.20 Å². The van der Waals surface area contributed by atoms with Crippen molar-refractivity contribution in [2.24, 2.45) is 0 Å². The van der Waals surface area contributed by atoms with Crippen LogP contribution in [-0.4, -0.2) is 25.1 Å². The van der Waals surface area contributed by atoms with Gasteiger partial charge in [0.05, 0.1) is 0 Å². The molecule has 0 saturated heterocycles. The summed E-state index contributed by atoms with van der Waals surface area (Å²) in [5.74, 6) is 0.957. The molecule has 0 aliphatic heterocycles. The van der Waals surface area contributed by atoms with Crippen LogP contribution in [0.25, 0.3) is 0 Å². The second-order valence-electron chi connectivity index (χ2n) is 2.85. The molecule has 0 amide bonds. The lowest BCUT2D eigenvalue weighted by Crippen LogP contribution is -2.18. The molecule has 1 aromatic rings. The van der Waals surface area contributed by atoms with Gasteiger partial charge in [0.1, 0.15) is 5.82 Å². The number of nitrogens with zero attached hydrogens (tertiary/aromatic N) is 1. The minimum atomic E-state index is 0.895. The second kappa shape index (κ2) is 5.19. The van der Waals surface area contributed by atoms with Crippen LogP contribution < -0.4 is 10.6 Å². The molecular formula is C9H14BrN3. The van der Waals surface area contributed by atoms with E-state index in [0.717, 1.165) is 28.9 Å². The van der Waals surface area contributed by atoms with Crippen molar-refractivity contribution in [1.82, 2.24) is 10.3 Å². The summed E-state index contributed by atoms with van der Waals surface area (Å²) in [6, 6.07) is 2.05. The van der Waals surface area contributed by atoms with Gasteiger partial charge in [-0.15, -0.1) is 0 Å². The third kappa shape index (κ3) is 3.32. The smallest absolute Gasteiger partial charge is 0.128 e. The fourth-order valence-electron chi connectivity index (χ4n) is 1.03. The zero-order valence-electron chi connectivity index (χ0n) is 7.89. The van der Waals surface area contributed by atoms with Crippen molar-refractivity contribution in [2.75, 3.05) is 25.5 Å². The largest absolute Gasteiger partial charge is 0.369 e. The molecule has 0 aliphatic rings. The molecule has 0 saturated carbocycles. The van der Waals surface area contributed by atoms with E-state index in [0.29, 0.717) is 0 Å². The summed E-state index contributed by atoms with van der Waals surface area (Å²) in [6.45, 7) is 3.88. The van der Waals surface area contributed by atoms with E-state index in [4.69, 9.17) is 0 Å². The zero-order valence-corrected chi connectivity index (χ0v) is 9.48. The molecule has 13 heavy (non-hydrogen) atoms. The minimum Gasteiger partial charge on any atom is -0.369 e. The summed E-state index contributed by atoms with van der Waals surface area (Å²) in [4.78, 5) is 4.26. The highest BCUT2D eigenvalue weighted by atomic mass is 79.9. The number of halogens is 1. The monoisotopic (exact) mass is 243 g/mol. The first-order valence-electron chi connectivity index (χ1n) is 4.24. The molecule has 2 N–H and O–H groups in total. The Bertz CT molecular complexity index is 276. The van der Waals surface area contributed by atoms with E-state index < -0.39 is 0 Å². The van der Waals surface area contributed by atoms with Gasteiger partial charge in [0, 0.05) is 23.8 Å². The fourth-order valence-corrected chi connectivity index (χ4v) is 1.48. The van der Waals surface area contributed by atoms with Crippen molar-refractivity contribution < 1.29 is 0 Å². The Kier molecular flexibility index (Phi) is 4.18. The maximum atomic E-state index is 4.26. The Morgan fingerprint density at radius 3 is 2.85 bits per heavy atom. The van der Waals surface area contributed by atoms with Crippen LogP contribution in [-0.2, 0) is 0 Å². The highest BCUT2D eigenvalue weighted by Crippen LogP contribution is 2.16. The van der Waals surface area contributed by atoms with Gasteiger partial charge in [0.15, 0.2) is 0 Å². The molecule has 0 atom stereocenters. The third-order valence-electron chi connectivity index (χ3n) is 1.71. The number of pyridine rings is 1. The van der Waals surface area contributed by atoms with Gasteiger partial charge in [0.25, 0.3) is 0 Å². The first-order chi connectivity index (χ1) is 6.24. The van der Waals surface area contributed by atoms with E-state index in [1.807, 2.05) is 14.0 Å². The van der Waals surface area contributed by atoms with Crippen LogP contribution in [0.15, 0.2) is 16.7 Å². The molecule has 4 heteroatoms. The van der Waals surface area contributed by atoms with Crippen molar-refractivity contribution in [1.29, 1.82) is 0 Å². The zero-order chi connectivity index (χ0) is 9.68. The van der Waals surface area contributed by atoms with Crippen LogP contribution in [0.1, 0.15) is 5.56 Å². The highest BCUT2D eigenvalue weighted by Gasteiger charge is 1.98. The molecule has 0 unspecified atom stereocenters. The van der Waals surface area contributed by atoms with Gasteiger partial charge in [0.2, 0.25) is 0 Å². The van der Waals surface area contributed by atoms with E-state index in [1.165, 1.54) is 0 Å². The predicted molar refractivity (Wildman–Crippen MR) is 59.1 cm³/mol. The lowest BCUT2D eigenvalue weighted by Gasteiger charge is -2.07. The summed E-state index contributed by atoms with van der Waals surface area (Å²) in [5.41, 5.74) is 1.16. The molecule has 1 aromatic heterocycles. The Morgan fingerprint density at radius 2 is 2.23 bits per heavy atom. The van der Waals surface area contributed by atoms with Crippen LogP contribution in [0.4, 0.5) is 5.82 Å². The highest BCUT2D eigenvalue weighted by molar-refractivity contribution is 9.10. The van der Waals surface area contributed by atoms with E-state index in [-0.39, 0.29) is 0 Å². The van der Waals surface area contributed by atoms with E-state index >= 15 is 0 Å². The first kappa shape index (κ1) is 10.5. The number of aryl methyl sites for hydroxylation is 1. The van der Waals surface area contributed by atoms with Gasteiger partial charge in [-0.05, 0) is 41.5 Å². The van der Waals surface area contributed by atoms with Gasteiger partial charge in [-0.2, -0.15) is 0 Å². The van der Waals surface area contributed by atoms with Crippen LogP contribution >= 0.6 is 15.9 Å². The Hall–Kier alpha value is -0.610. The van der Waals surface area contributed by atoms with Crippen LogP contribution in [0.2, 0.25) is 0 Å². The molecular weight excluding hydrogens is 230 g/mol. The molecule has 0 aliphatic carbocycles. The number of hydrogen-bond donors (Lipinski definition) is 2. The van der Waals surface area contributed by atoms with Crippen molar-refractivity contribution in [3.63, 3.8) is 0 Å².